The Bertz CT molecular complexity index is 497. The summed E-state index contributed by atoms with van der Waals surface area (Å²) in [4.78, 5) is 4.42. The van der Waals surface area contributed by atoms with E-state index in [1.807, 2.05) is 0 Å². The lowest BCUT2D eigenvalue weighted by Crippen LogP contribution is -2.01. The smallest absolute Gasteiger partial charge is 0.248 e. The van der Waals surface area contributed by atoms with E-state index in [9.17, 15) is 0 Å². The van der Waals surface area contributed by atoms with E-state index >= 15 is 0 Å². The molecule has 2 N–H and O–H groups in total. The monoisotopic (exact) mass is 233 g/mol. The zero-order valence-corrected chi connectivity index (χ0v) is 9.54. The predicted octanol–water partition coefficient (Wildman–Crippen LogP) is 1.55. The van der Waals surface area contributed by atoms with Crippen molar-refractivity contribution in [2.24, 2.45) is 0 Å². The van der Waals surface area contributed by atoms with Gasteiger partial charge in [-0.15, -0.1) is 0 Å². The fraction of sp³-hybridized carbons (Fsp3) is 0.545. The maximum absolute atomic E-state index is 5.59. The Morgan fingerprint density at radius 2 is 2.24 bits per heavy atom. The number of hydrogen-bond donors (Lipinski definition) is 1. The van der Waals surface area contributed by atoms with Crippen LogP contribution in [0.2, 0.25) is 0 Å². The minimum Gasteiger partial charge on any atom is -0.396 e. The summed E-state index contributed by atoms with van der Waals surface area (Å²) in [6, 6.07) is 0. The van der Waals surface area contributed by atoms with Gasteiger partial charge in [-0.25, -0.2) is 0 Å². The number of rotatable bonds is 3. The van der Waals surface area contributed by atoms with Crippen LogP contribution in [-0.4, -0.2) is 19.9 Å². The predicted molar refractivity (Wildman–Crippen MR) is 61.2 cm³/mol. The van der Waals surface area contributed by atoms with E-state index < -0.39 is 0 Å². The fourth-order valence-electron chi connectivity index (χ4n) is 2.29. The third-order valence-corrected chi connectivity index (χ3v) is 3.15. The van der Waals surface area contributed by atoms with E-state index in [4.69, 9.17) is 10.3 Å². The van der Waals surface area contributed by atoms with E-state index in [1.54, 1.807) is 17.1 Å². The molecule has 2 heterocycles. The molecule has 0 spiro atoms. The molecule has 6 heteroatoms. The van der Waals surface area contributed by atoms with Gasteiger partial charge in [0, 0.05) is 12.1 Å². The van der Waals surface area contributed by atoms with Crippen LogP contribution in [0.15, 0.2) is 16.9 Å². The van der Waals surface area contributed by atoms with E-state index in [2.05, 4.69) is 15.2 Å². The van der Waals surface area contributed by atoms with Crippen molar-refractivity contribution in [3.05, 3.63) is 24.1 Å². The van der Waals surface area contributed by atoms with Crippen molar-refractivity contribution in [2.45, 2.75) is 38.1 Å². The van der Waals surface area contributed by atoms with Gasteiger partial charge in [0.15, 0.2) is 5.82 Å². The van der Waals surface area contributed by atoms with Crippen LogP contribution in [0.1, 0.15) is 43.3 Å². The maximum Gasteiger partial charge on any atom is 0.248 e. The zero-order valence-electron chi connectivity index (χ0n) is 9.54. The fourth-order valence-corrected chi connectivity index (χ4v) is 2.29. The SMILES string of the molecule is Nc1cnn(Cc2nc(C3CCCC3)no2)c1. The van der Waals surface area contributed by atoms with Crippen molar-refractivity contribution < 1.29 is 4.52 Å². The Morgan fingerprint density at radius 3 is 2.94 bits per heavy atom. The largest absolute Gasteiger partial charge is 0.396 e. The molecule has 0 aromatic carbocycles. The molecule has 0 atom stereocenters. The zero-order chi connectivity index (χ0) is 11.7. The highest BCUT2D eigenvalue weighted by atomic mass is 16.5. The summed E-state index contributed by atoms with van der Waals surface area (Å²) in [6.45, 7) is 0.483. The first kappa shape index (κ1) is 10.3. The lowest BCUT2D eigenvalue weighted by atomic mass is 10.1. The van der Waals surface area contributed by atoms with E-state index in [-0.39, 0.29) is 0 Å². The van der Waals surface area contributed by atoms with Gasteiger partial charge < -0.3 is 10.3 Å². The van der Waals surface area contributed by atoms with Crippen molar-refractivity contribution in [3.8, 4) is 0 Å². The van der Waals surface area contributed by atoms with Crippen LogP contribution >= 0.6 is 0 Å². The topological polar surface area (TPSA) is 82.8 Å². The second-order valence-corrected chi connectivity index (χ2v) is 4.50. The molecule has 17 heavy (non-hydrogen) atoms. The number of nitrogens with zero attached hydrogens (tertiary/aromatic N) is 4. The Morgan fingerprint density at radius 1 is 1.41 bits per heavy atom. The molecule has 90 valence electrons. The molecule has 1 saturated carbocycles. The third-order valence-electron chi connectivity index (χ3n) is 3.15. The first-order valence-corrected chi connectivity index (χ1v) is 5.91. The van der Waals surface area contributed by atoms with Gasteiger partial charge >= 0.3 is 0 Å². The summed E-state index contributed by atoms with van der Waals surface area (Å²) >= 11 is 0. The standard InChI is InChI=1S/C11H15N5O/c12-9-5-13-16(6-9)7-10-14-11(15-17-10)8-3-1-2-4-8/h5-6,8H,1-4,7,12H2. The molecule has 1 fully saturated rings. The second kappa shape index (κ2) is 4.20. The van der Waals surface area contributed by atoms with Gasteiger partial charge in [0.05, 0.1) is 11.9 Å². The first-order chi connectivity index (χ1) is 8.31. The normalized spacial score (nSPS) is 16.7. The van der Waals surface area contributed by atoms with Crippen molar-refractivity contribution in [3.63, 3.8) is 0 Å². The summed E-state index contributed by atoms with van der Waals surface area (Å²) < 4.78 is 6.92. The van der Waals surface area contributed by atoms with Crippen molar-refractivity contribution in [1.82, 2.24) is 19.9 Å². The lowest BCUT2D eigenvalue weighted by Gasteiger charge is -1.99. The molecule has 6 nitrogen and oxygen atoms in total. The number of anilines is 1. The van der Waals surface area contributed by atoms with Crippen LogP contribution in [-0.2, 0) is 6.54 Å². The molecule has 2 aromatic rings. The van der Waals surface area contributed by atoms with E-state index in [1.165, 1.54) is 25.7 Å². The summed E-state index contributed by atoms with van der Waals surface area (Å²) in [5, 5.41) is 8.12. The highest BCUT2D eigenvalue weighted by Gasteiger charge is 2.22. The quantitative estimate of drug-likeness (QED) is 0.869. The third kappa shape index (κ3) is 2.15. The Kier molecular flexibility index (Phi) is 2.55. The van der Waals surface area contributed by atoms with Crippen LogP contribution < -0.4 is 5.73 Å². The Labute approximate surface area is 98.8 Å². The minimum atomic E-state index is 0.482. The highest BCUT2D eigenvalue weighted by Crippen LogP contribution is 2.32. The molecule has 3 rings (SSSR count). The van der Waals surface area contributed by atoms with Gasteiger partial charge in [-0.2, -0.15) is 10.1 Å². The van der Waals surface area contributed by atoms with Gasteiger partial charge in [-0.1, -0.05) is 18.0 Å². The summed E-state index contributed by atoms with van der Waals surface area (Å²) in [6.07, 6.45) is 8.24. The number of nitrogens with two attached hydrogens (primary N) is 1. The van der Waals surface area contributed by atoms with Crippen molar-refractivity contribution >= 4 is 5.69 Å². The molecule has 1 aliphatic rings. The second-order valence-electron chi connectivity index (χ2n) is 4.50. The summed E-state index contributed by atoms with van der Waals surface area (Å²) in [5.41, 5.74) is 6.23. The summed E-state index contributed by atoms with van der Waals surface area (Å²) in [7, 11) is 0. The van der Waals surface area contributed by atoms with Crippen LogP contribution in [0.5, 0.6) is 0 Å². The van der Waals surface area contributed by atoms with Gasteiger partial charge in [0.1, 0.15) is 6.54 Å². The molecule has 1 aliphatic carbocycles. The molecule has 0 amide bonds. The van der Waals surface area contributed by atoms with E-state index in [0.717, 1.165) is 5.82 Å². The van der Waals surface area contributed by atoms with Crippen LogP contribution in [0, 0.1) is 0 Å². The Balaban J connectivity index is 1.71. The van der Waals surface area contributed by atoms with Crippen molar-refractivity contribution in [2.75, 3.05) is 5.73 Å². The van der Waals surface area contributed by atoms with Gasteiger partial charge in [0.25, 0.3) is 0 Å². The molecule has 0 bridgehead atoms. The molecule has 2 aromatic heterocycles. The van der Waals surface area contributed by atoms with E-state index in [0.29, 0.717) is 24.0 Å². The van der Waals surface area contributed by atoms with Crippen LogP contribution in [0.25, 0.3) is 0 Å². The highest BCUT2D eigenvalue weighted by molar-refractivity contribution is 5.30. The molecule has 0 aliphatic heterocycles. The lowest BCUT2D eigenvalue weighted by molar-refractivity contribution is 0.358. The maximum atomic E-state index is 5.59. The molecular formula is C11H15N5O. The number of aromatic nitrogens is 4. The number of hydrogen-bond acceptors (Lipinski definition) is 5. The average molecular weight is 233 g/mol. The minimum absolute atomic E-state index is 0.482. The van der Waals surface area contributed by atoms with Crippen LogP contribution in [0.4, 0.5) is 5.69 Å². The molecule has 0 radical (unpaired) electrons. The Hall–Kier alpha value is -1.85. The molecule has 0 saturated heterocycles. The molecule has 0 unspecified atom stereocenters. The number of nitrogen functional groups attached to an aromatic ring is 1. The molecular weight excluding hydrogens is 218 g/mol. The van der Waals surface area contributed by atoms with Gasteiger partial charge in [-0.05, 0) is 12.8 Å². The van der Waals surface area contributed by atoms with Crippen LogP contribution in [0.3, 0.4) is 0 Å². The first-order valence-electron chi connectivity index (χ1n) is 5.91. The summed E-state index contributed by atoms with van der Waals surface area (Å²) in [5.74, 6) is 1.92. The van der Waals surface area contributed by atoms with Crippen molar-refractivity contribution in [1.29, 1.82) is 0 Å². The average Bonchev–Trinajstić information content (AvgIpc) is 3.00. The van der Waals surface area contributed by atoms with Gasteiger partial charge in [-0.3, -0.25) is 4.68 Å². The van der Waals surface area contributed by atoms with Gasteiger partial charge in [0.2, 0.25) is 5.89 Å².